The van der Waals surface area contributed by atoms with Crippen LogP contribution in [0.3, 0.4) is 0 Å². The maximum absolute atomic E-state index is 12.9. The van der Waals surface area contributed by atoms with E-state index in [-0.39, 0.29) is 85.8 Å². The minimum Gasteiger partial charge on any atom is -0.508 e. The first kappa shape index (κ1) is 39.3. The van der Waals surface area contributed by atoms with Crippen LogP contribution in [-0.2, 0) is 6.42 Å². The van der Waals surface area contributed by atoms with Gasteiger partial charge in [-0.15, -0.1) is 0 Å². The van der Waals surface area contributed by atoms with Gasteiger partial charge < -0.3 is 75.1 Å². The van der Waals surface area contributed by atoms with Crippen molar-refractivity contribution in [1.29, 1.82) is 0 Å². The SMILES string of the molecule is COc1cc(C2Oc3cc(O)ccc3C(c3c(O)c(C4c5ccc(O)cc5OC(c5ccc(O)c(O)c5)C4O)c(O)c4c3OC(c3cccc(O)c3)C(O)C4)C2O)ccc1O. The highest BCUT2D eigenvalue weighted by Crippen LogP contribution is 2.60. The van der Waals surface area contributed by atoms with E-state index in [1.54, 1.807) is 12.1 Å². The van der Waals surface area contributed by atoms with E-state index in [2.05, 4.69) is 0 Å². The Morgan fingerprint density at radius 3 is 1.66 bits per heavy atom. The van der Waals surface area contributed by atoms with Gasteiger partial charge in [-0.05, 0) is 65.2 Å². The molecule has 3 aliphatic heterocycles. The molecule has 0 aromatic heterocycles. The van der Waals surface area contributed by atoms with Crippen LogP contribution >= 0.6 is 0 Å². The van der Waals surface area contributed by atoms with Crippen LogP contribution in [0.2, 0.25) is 0 Å². The average Bonchev–Trinajstić information content (AvgIpc) is 3.23. The van der Waals surface area contributed by atoms with Gasteiger partial charge in [0.25, 0.3) is 0 Å². The van der Waals surface area contributed by atoms with Gasteiger partial charge in [-0.25, -0.2) is 0 Å². The van der Waals surface area contributed by atoms with Gasteiger partial charge in [0.15, 0.2) is 35.2 Å². The largest absolute Gasteiger partial charge is 0.508 e. The molecule has 0 fully saturated rings. The van der Waals surface area contributed by atoms with E-state index in [1.807, 2.05) is 0 Å². The number of phenols is 8. The quantitative estimate of drug-likeness (QED) is 0.0909. The van der Waals surface area contributed by atoms with Crippen molar-refractivity contribution in [3.63, 3.8) is 0 Å². The number of fused-ring (bicyclic) bond motifs is 3. The van der Waals surface area contributed by atoms with Crippen molar-refractivity contribution in [1.82, 2.24) is 0 Å². The molecule has 314 valence electrons. The van der Waals surface area contributed by atoms with E-state index < -0.39 is 71.5 Å². The van der Waals surface area contributed by atoms with Crippen molar-refractivity contribution < 1.29 is 75.1 Å². The maximum atomic E-state index is 12.9. The molecule has 3 aliphatic rings. The van der Waals surface area contributed by atoms with E-state index in [0.717, 1.165) is 0 Å². The Hall–Kier alpha value is -7.20. The third kappa shape index (κ3) is 6.50. The van der Waals surface area contributed by atoms with Gasteiger partial charge in [0, 0.05) is 58.2 Å². The van der Waals surface area contributed by atoms with Gasteiger partial charge in [-0.3, -0.25) is 0 Å². The van der Waals surface area contributed by atoms with Crippen LogP contribution in [0, 0.1) is 0 Å². The molecule has 0 bridgehead atoms. The fraction of sp³-hybridized carbons (Fsp3) is 0.217. The summed E-state index contributed by atoms with van der Waals surface area (Å²) in [7, 11) is 1.35. The highest BCUT2D eigenvalue weighted by molar-refractivity contribution is 5.70. The third-order valence-electron chi connectivity index (χ3n) is 11.7. The first-order chi connectivity index (χ1) is 29.2. The van der Waals surface area contributed by atoms with Crippen molar-refractivity contribution in [2.24, 2.45) is 0 Å². The van der Waals surface area contributed by atoms with E-state index in [0.29, 0.717) is 11.1 Å². The smallest absolute Gasteiger partial charge is 0.160 e. The summed E-state index contributed by atoms with van der Waals surface area (Å²) >= 11 is 0. The molecule has 0 spiro atoms. The Morgan fingerprint density at radius 2 is 1.07 bits per heavy atom. The molecule has 0 radical (unpaired) electrons. The van der Waals surface area contributed by atoms with Crippen LogP contribution in [0.5, 0.6) is 69.0 Å². The lowest BCUT2D eigenvalue weighted by Gasteiger charge is -2.42. The van der Waals surface area contributed by atoms with E-state index in [4.69, 9.17) is 18.9 Å². The summed E-state index contributed by atoms with van der Waals surface area (Å²) in [6, 6.07) is 22.3. The zero-order valence-corrected chi connectivity index (χ0v) is 32.1. The van der Waals surface area contributed by atoms with E-state index in [9.17, 15) is 56.2 Å². The topological polar surface area (TPSA) is 259 Å². The van der Waals surface area contributed by atoms with Gasteiger partial charge in [-0.2, -0.15) is 0 Å². The molecule has 8 unspecified atom stereocenters. The van der Waals surface area contributed by atoms with E-state index in [1.165, 1.54) is 92.0 Å². The van der Waals surface area contributed by atoms with Crippen molar-refractivity contribution in [3.05, 3.63) is 142 Å². The minimum absolute atomic E-state index is 0.00794. The molecule has 61 heavy (non-hydrogen) atoms. The molecule has 0 aliphatic carbocycles. The van der Waals surface area contributed by atoms with E-state index >= 15 is 0 Å². The number of aliphatic hydroxyl groups is 3. The maximum Gasteiger partial charge on any atom is 0.160 e. The fourth-order valence-electron chi connectivity index (χ4n) is 8.88. The second-order valence-corrected chi connectivity index (χ2v) is 15.4. The molecule has 3 heterocycles. The number of methoxy groups -OCH3 is 1. The Labute approximate surface area is 347 Å². The molecule has 0 saturated heterocycles. The number of rotatable bonds is 6. The monoisotopic (exact) mass is 832 g/mol. The number of ether oxygens (including phenoxy) is 4. The van der Waals surface area contributed by atoms with Crippen LogP contribution < -0.4 is 18.9 Å². The lowest BCUT2D eigenvalue weighted by molar-refractivity contribution is 0.000366. The molecule has 6 aromatic rings. The van der Waals surface area contributed by atoms with Crippen LogP contribution in [0.4, 0.5) is 0 Å². The van der Waals surface area contributed by atoms with Crippen LogP contribution in [0.1, 0.15) is 74.7 Å². The van der Waals surface area contributed by atoms with Crippen molar-refractivity contribution in [2.75, 3.05) is 7.11 Å². The fourth-order valence-corrected chi connectivity index (χ4v) is 8.88. The number of hydrogen-bond acceptors (Lipinski definition) is 15. The second-order valence-electron chi connectivity index (χ2n) is 15.4. The zero-order valence-electron chi connectivity index (χ0n) is 32.1. The van der Waals surface area contributed by atoms with Gasteiger partial charge in [0.05, 0.1) is 13.2 Å². The molecule has 0 amide bonds. The zero-order chi connectivity index (χ0) is 43.0. The minimum atomic E-state index is -1.65. The number of phenolic OH excluding ortho intramolecular Hbond substituents is 8. The predicted octanol–water partition coefficient (Wildman–Crippen LogP) is 5.63. The lowest BCUT2D eigenvalue weighted by atomic mass is 9.73. The standard InChI is InChI=1S/C46H40O15/c1-58-34-15-21(6-12-29(34)51)45-42(57)36(26-10-8-24(49)17-33(26)60-45)38-40(55)37(39(54)27-18-31(53)43(61-46(27)38)19-3-2-4-22(47)13-19)35-25-9-7-23(48)16-32(25)59-44(41(35)56)20-5-11-28(50)30(52)14-20/h2-17,31,35-36,41-45,47-57H,18H2,1H3. The number of benzene rings is 6. The number of hydrogen-bond donors (Lipinski definition) is 11. The second kappa shape index (κ2) is 14.8. The molecule has 8 atom stereocenters. The summed E-state index contributed by atoms with van der Waals surface area (Å²) in [4.78, 5) is 0. The van der Waals surface area contributed by atoms with Gasteiger partial charge in [0.2, 0.25) is 0 Å². The van der Waals surface area contributed by atoms with Crippen LogP contribution in [0.15, 0.2) is 97.1 Å². The first-order valence-electron chi connectivity index (χ1n) is 19.2. The van der Waals surface area contributed by atoms with Crippen molar-refractivity contribution in [3.8, 4) is 69.0 Å². The molecular formula is C46H40O15. The first-order valence-corrected chi connectivity index (χ1v) is 19.2. The Kier molecular flexibility index (Phi) is 9.54. The number of aliphatic hydroxyl groups excluding tert-OH is 3. The van der Waals surface area contributed by atoms with Crippen LogP contribution in [-0.4, -0.2) is 81.6 Å². The van der Waals surface area contributed by atoms with Crippen LogP contribution in [0.25, 0.3) is 0 Å². The number of aromatic hydroxyl groups is 8. The molecule has 15 nitrogen and oxygen atoms in total. The Balaban J connectivity index is 1.31. The molecule has 0 saturated carbocycles. The predicted molar refractivity (Wildman–Crippen MR) is 214 cm³/mol. The Morgan fingerprint density at radius 1 is 0.508 bits per heavy atom. The van der Waals surface area contributed by atoms with Crippen molar-refractivity contribution in [2.45, 2.75) is 54.9 Å². The summed E-state index contributed by atoms with van der Waals surface area (Å²) < 4.78 is 24.4. The third-order valence-corrected chi connectivity index (χ3v) is 11.7. The highest BCUT2D eigenvalue weighted by Gasteiger charge is 2.49. The Bertz CT molecular complexity index is 2700. The molecular weight excluding hydrogens is 792 g/mol. The van der Waals surface area contributed by atoms with Gasteiger partial charge in [0.1, 0.15) is 64.3 Å². The summed E-state index contributed by atoms with van der Waals surface area (Å²) in [5.74, 6) is -5.47. The average molecular weight is 833 g/mol. The van der Waals surface area contributed by atoms with Crippen molar-refractivity contribution >= 4 is 0 Å². The van der Waals surface area contributed by atoms with Gasteiger partial charge >= 0.3 is 0 Å². The summed E-state index contributed by atoms with van der Waals surface area (Å²) in [5.41, 5.74) is 0.972. The molecule has 15 heteroatoms. The molecule has 9 rings (SSSR count). The highest BCUT2D eigenvalue weighted by atomic mass is 16.5. The van der Waals surface area contributed by atoms with Gasteiger partial charge in [-0.1, -0.05) is 36.4 Å². The summed E-state index contributed by atoms with van der Waals surface area (Å²) in [6.07, 6.45) is -8.63. The summed E-state index contributed by atoms with van der Waals surface area (Å²) in [6.45, 7) is 0. The molecule has 6 aromatic carbocycles. The summed E-state index contributed by atoms with van der Waals surface area (Å²) in [5, 5.41) is 124. The molecule has 11 N–H and O–H groups in total. The normalized spacial score (nSPS) is 23.9. The lowest BCUT2D eigenvalue weighted by Crippen LogP contribution is -2.38.